The van der Waals surface area contributed by atoms with Crippen LogP contribution in [0.15, 0.2) is 53.1 Å². The number of benzene rings is 1. The van der Waals surface area contributed by atoms with Crippen molar-refractivity contribution in [2.24, 2.45) is 28.6 Å². The molecule has 6 rings (SSSR count). The minimum atomic E-state index is -2.47. The first kappa shape index (κ1) is 46.3. The van der Waals surface area contributed by atoms with Gasteiger partial charge in [0.2, 0.25) is 11.6 Å². The maximum absolute atomic E-state index is 15.3. The number of alkyl carbamates (subject to hydrolysis) is 1. The summed E-state index contributed by atoms with van der Waals surface area (Å²) in [5.74, 6) is -10.9. The highest BCUT2D eigenvalue weighted by molar-refractivity contribution is 6.40. The molecule has 4 aliphatic rings. The van der Waals surface area contributed by atoms with Crippen LogP contribution in [0.1, 0.15) is 97.3 Å². The lowest BCUT2D eigenvalue weighted by Crippen LogP contribution is -2.83. The van der Waals surface area contributed by atoms with Crippen molar-refractivity contribution in [3.05, 3.63) is 60.1 Å². The molecule has 4 N–H and O–H groups in total. The standard InChI is InChI=1S/C44H55NO17/c1-21-26(58-38(53)32(49)30(25-16-13-17-56-25)45-39(54)62-40(4,5)6)19-44(55)35(60-37(52)24-14-11-10-12-15-24)33-42(9,34(50)31(48)29(21)41(44,7)8)27(59-36(51)22(2)46)18-28-43(33,20-57-28)61-23(3)47/h10-17,21-22,26-30,32-33,35,46,49,55H,18-20H2,1-9H3,(H,45,54)/t21?,22-,26-,27-,28+,29?,30-,32+,33?,35-,42+,43-,44+/m0/s1. The molecule has 3 unspecified atom stereocenters. The van der Waals surface area contributed by atoms with Crippen LogP contribution in [0.5, 0.6) is 0 Å². The van der Waals surface area contributed by atoms with Crippen molar-refractivity contribution >= 4 is 41.5 Å². The second-order valence-corrected chi connectivity index (χ2v) is 18.6. The quantitative estimate of drug-likeness (QED) is 0.152. The smallest absolute Gasteiger partial charge is 0.408 e. The fourth-order valence-corrected chi connectivity index (χ4v) is 10.0. The van der Waals surface area contributed by atoms with E-state index in [9.17, 15) is 39.3 Å². The first-order valence-corrected chi connectivity index (χ1v) is 20.5. The summed E-state index contributed by atoms with van der Waals surface area (Å²) in [5.41, 5.74) is -9.21. The van der Waals surface area contributed by atoms with Gasteiger partial charge < -0.3 is 53.5 Å². The summed E-state index contributed by atoms with van der Waals surface area (Å²) < 4.78 is 40.8. The molecule has 1 saturated heterocycles. The number of furan rings is 1. The molecule has 338 valence electrons. The van der Waals surface area contributed by atoms with Gasteiger partial charge in [0.25, 0.3) is 0 Å². The van der Waals surface area contributed by atoms with Gasteiger partial charge in [0, 0.05) is 37.0 Å². The molecule has 3 saturated carbocycles. The number of aliphatic hydroxyl groups is 3. The first-order valence-electron chi connectivity index (χ1n) is 20.5. The van der Waals surface area contributed by atoms with Gasteiger partial charge in [-0.15, -0.1) is 0 Å². The number of carbonyl (C=O) groups is 7. The Hall–Kier alpha value is -5.17. The van der Waals surface area contributed by atoms with Crippen molar-refractivity contribution in [1.82, 2.24) is 5.32 Å². The van der Waals surface area contributed by atoms with Gasteiger partial charge in [0.05, 0.1) is 29.8 Å². The van der Waals surface area contributed by atoms with Gasteiger partial charge in [-0.25, -0.2) is 19.2 Å². The Labute approximate surface area is 357 Å². The second kappa shape index (κ2) is 16.5. The van der Waals surface area contributed by atoms with Crippen molar-refractivity contribution in [2.75, 3.05) is 6.61 Å². The highest BCUT2D eigenvalue weighted by Gasteiger charge is 2.80. The summed E-state index contributed by atoms with van der Waals surface area (Å²) in [5, 5.41) is 37.7. The van der Waals surface area contributed by atoms with Gasteiger partial charge in [-0.1, -0.05) is 39.0 Å². The Morgan fingerprint density at radius 3 is 2.15 bits per heavy atom. The van der Waals surface area contributed by atoms with Crippen LogP contribution in [0.2, 0.25) is 0 Å². The molecule has 1 aromatic carbocycles. The molecule has 4 fully saturated rings. The molecule has 1 amide bonds. The molecule has 3 aliphatic carbocycles. The third-order valence-electron chi connectivity index (χ3n) is 13.1. The Bertz CT molecular complexity index is 2080. The third-order valence-corrected chi connectivity index (χ3v) is 13.1. The van der Waals surface area contributed by atoms with Crippen molar-refractivity contribution < 1.29 is 81.7 Å². The summed E-state index contributed by atoms with van der Waals surface area (Å²) >= 11 is 0. The number of carbonyl (C=O) groups excluding carboxylic acids is 7. The Morgan fingerprint density at radius 2 is 1.60 bits per heavy atom. The van der Waals surface area contributed by atoms with E-state index in [4.69, 9.17) is 32.8 Å². The Kier molecular flexibility index (Phi) is 12.3. The summed E-state index contributed by atoms with van der Waals surface area (Å²) in [4.78, 5) is 97.8. The third kappa shape index (κ3) is 7.90. The molecule has 2 heterocycles. The monoisotopic (exact) mass is 869 g/mol. The minimum Gasteiger partial charge on any atom is -0.467 e. The van der Waals surface area contributed by atoms with E-state index >= 15 is 9.59 Å². The molecular weight excluding hydrogens is 814 g/mol. The number of Topliss-reactive ketones (excluding diaryl/α,β-unsaturated/α-hetero) is 2. The molecule has 62 heavy (non-hydrogen) atoms. The average molecular weight is 870 g/mol. The number of esters is 4. The molecule has 1 aliphatic heterocycles. The van der Waals surface area contributed by atoms with Crippen LogP contribution in [-0.4, -0.2) is 117 Å². The van der Waals surface area contributed by atoms with Crippen LogP contribution >= 0.6 is 0 Å². The number of hydrogen-bond acceptors (Lipinski definition) is 17. The normalized spacial score (nSPS) is 33.9. The topological polar surface area (TPSA) is 261 Å². The average Bonchev–Trinajstić information content (AvgIpc) is 3.72. The van der Waals surface area contributed by atoms with Gasteiger partial charge in [-0.05, 0) is 58.9 Å². The number of ketones is 2. The number of rotatable bonds is 10. The van der Waals surface area contributed by atoms with E-state index in [-0.39, 0.29) is 17.7 Å². The number of ether oxygens (including phenoxy) is 6. The van der Waals surface area contributed by atoms with Crippen LogP contribution in [0.4, 0.5) is 4.79 Å². The van der Waals surface area contributed by atoms with Crippen molar-refractivity contribution in [3.63, 3.8) is 0 Å². The summed E-state index contributed by atoms with van der Waals surface area (Å²) in [6.07, 6.45) is -10.6. The molecule has 18 heteroatoms. The van der Waals surface area contributed by atoms with Crippen LogP contribution in [0, 0.1) is 28.6 Å². The maximum Gasteiger partial charge on any atom is 0.408 e. The van der Waals surface area contributed by atoms with E-state index in [1.807, 2.05) is 0 Å². The largest absolute Gasteiger partial charge is 0.467 e. The molecule has 2 aromatic rings. The molecule has 1 aromatic heterocycles. The lowest BCUT2D eigenvalue weighted by Gasteiger charge is -2.68. The molecule has 13 atom stereocenters. The van der Waals surface area contributed by atoms with Crippen LogP contribution in [-0.2, 0) is 52.4 Å². The zero-order valence-corrected chi connectivity index (χ0v) is 36.1. The predicted molar refractivity (Wildman–Crippen MR) is 210 cm³/mol. The van der Waals surface area contributed by atoms with E-state index in [1.165, 1.54) is 58.2 Å². The lowest BCUT2D eigenvalue weighted by atomic mass is 9.42. The van der Waals surface area contributed by atoms with E-state index in [0.717, 1.165) is 13.8 Å². The predicted octanol–water partition coefficient (Wildman–Crippen LogP) is 2.93. The number of aliphatic hydroxyl groups excluding tert-OH is 2. The highest BCUT2D eigenvalue weighted by atomic mass is 16.6. The van der Waals surface area contributed by atoms with Crippen molar-refractivity contribution in [3.8, 4) is 0 Å². The van der Waals surface area contributed by atoms with Gasteiger partial charge in [0.1, 0.15) is 53.5 Å². The van der Waals surface area contributed by atoms with E-state index in [2.05, 4.69) is 5.32 Å². The summed E-state index contributed by atoms with van der Waals surface area (Å²) in [6.45, 7) is 12.5. The van der Waals surface area contributed by atoms with Gasteiger partial charge in [-0.2, -0.15) is 0 Å². The molecule has 0 spiro atoms. The first-order chi connectivity index (χ1) is 28.8. The molecule has 0 radical (unpaired) electrons. The highest BCUT2D eigenvalue weighted by Crippen LogP contribution is 2.65. The van der Waals surface area contributed by atoms with E-state index in [1.54, 1.807) is 39.0 Å². The zero-order chi connectivity index (χ0) is 45.9. The van der Waals surface area contributed by atoms with Gasteiger partial charge >= 0.3 is 30.0 Å². The Balaban J connectivity index is 1.50. The van der Waals surface area contributed by atoms with Crippen molar-refractivity contribution in [1.29, 1.82) is 0 Å². The lowest BCUT2D eigenvalue weighted by molar-refractivity contribution is -0.350. The van der Waals surface area contributed by atoms with Crippen molar-refractivity contribution in [2.45, 2.75) is 135 Å². The molecule has 18 nitrogen and oxygen atoms in total. The molecule has 2 bridgehead atoms. The molecular formula is C44H55NO17. The van der Waals surface area contributed by atoms with E-state index < -0.39 is 143 Å². The number of fused-ring (bicyclic) bond motifs is 5. The zero-order valence-electron chi connectivity index (χ0n) is 36.1. The number of hydrogen-bond donors (Lipinski definition) is 4. The maximum atomic E-state index is 15.3. The van der Waals surface area contributed by atoms with E-state index in [0.29, 0.717) is 0 Å². The number of amides is 1. The summed E-state index contributed by atoms with van der Waals surface area (Å²) in [7, 11) is 0. The van der Waals surface area contributed by atoms with Crippen LogP contribution in [0.3, 0.4) is 0 Å². The second-order valence-electron chi connectivity index (χ2n) is 18.6. The fraction of sp³-hybridized carbons (Fsp3) is 0.614. The Morgan fingerprint density at radius 1 is 0.935 bits per heavy atom. The SMILES string of the molecule is CC(=O)O[C@@]12CO[C@@H]1C[C@H](OC(=O)[C@H](C)O)[C@@]1(C)C(=O)C(=O)C3C(C)[C@@H](OC(=O)[C@H](O)[C@@H](NC(=O)OC(C)(C)C)c4ccco4)C[C@@](O)([C@@H](OC(=O)c4ccccc4)C12)C3(C)C. The fourth-order valence-electron chi connectivity index (χ4n) is 10.0. The van der Waals surface area contributed by atoms with Crippen LogP contribution in [0.25, 0.3) is 0 Å². The summed E-state index contributed by atoms with van der Waals surface area (Å²) in [6, 6.07) is 8.96. The van der Waals surface area contributed by atoms with Crippen LogP contribution < -0.4 is 5.32 Å². The number of nitrogens with one attached hydrogen (secondary N) is 1. The van der Waals surface area contributed by atoms with Gasteiger partial charge in [0.15, 0.2) is 11.7 Å². The minimum absolute atomic E-state index is 0.0178. The van der Waals surface area contributed by atoms with Gasteiger partial charge in [-0.3, -0.25) is 14.4 Å².